The summed E-state index contributed by atoms with van der Waals surface area (Å²) in [5.41, 5.74) is 0.932. The smallest absolute Gasteiger partial charge is 0.306 e. The molecule has 2 rings (SSSR count). The summed E-state index contributed by atoms with van der Waals surface area (Å²) >= 11 is 0. The van der Waals surface area contributed by atoms with Crippen LogP contribution in [-0.4, -0.2) is 45.9 Å². The number of fused-ring (bicyclic) bond motifs is 1. The zero-order chi connectivity index (χ0) is 13.0. The van der Waals surface area contributed by atoms with E-state index in [-0.39, 0.29) is 5.97 Å². The van der Waals surface area contributed by atoms with Gasteiger partial charge in [-0.05, 0) is 13.1 Å². The standard InChI is InChI=1S/C12H16N4O2/c1-15(7-4-11(17)18-2)8-10-9-16-6-3-5-13-12(16)14-10/h3,5-6,9H,4,7-8H2,1-2H3. The molecule has 0 radical (unpaired) electrons. The van der Waals surface area contributed by atoms with Crippen molar-refractivity contribution in [3.63, 3.8) is 0 Å². The molecule has 2 heterocycles. The van der Waals surface area contributed by atoms with E-state index in [1.54, 1.807) is 6.20 Å². The molecule has 0 spiro atoms. The average molecular weight is 248 g/mol. The van der Waals surface area contributed by atoms with Crippen LogP contribution in [0.2, 0.25) is 0 Å². The molecule has 6 nitrogen and oxygen atoms in total. The average Bonchev–Trinajstić information content (AvgIpc) is 2.77. The van der Waals surface area contributed by atoms with Gasteiger partial charge in [-0.3, -0.25) is 14.1 Å². The Bertz CT molecular complexity index is 505. The minimum absolute atomic E-state index is 0.196. The fraction of sp³-hybridized carbons (Fsp3) is 0.417. The molecule has 2 aromatic heterocycles. The van der Waals surface area contributed by atoms with Crippen molar-refractivity contribution in [3.05, 3.63) is 30.4 Å². The lowest BCUT2D eigenvalue weighted by molar-refractivity contribution is -0.140. The quantitative estimate of drug-likeness (QED) is 0.730. The fourth-order valence-electron chi connectivity index (χ4n) is 1.70. The second kappa shape index (κ2) is 5.59. The highest BCUT2D eigenvalue weighted by Gasteiger charge is 2.07. The summed E-state index contributed by atoms with van der Waals surface area (Å²) in [5.74, 6) is 0.493. The topological polar surface area (TPSA) is 59.7 Å². The second-order valence-corrected chi connectivity index (χ2v) is 4.12. The number of carbonyl (C=O) groups is 1. The first kappa shape index (κ1) is 12.5. The van der Waals surface area contributed by atoms with E-state index in [1.165, 1.54) is 7.11 Å². The Kier molecular flexibility index (Phi) is 3.88. The highest BCUT2D eigenvalue weighted by molar-refractivity contribution is 5.69. The Balaban J connectivity index is 1.94. The Hall–Kier alpha value is -1.95. The van der Waals surface area contributed by atoms with E-state index in [4.69, 9.17) is 0 Å². The van der Waals surface area contributed by atoms with E-state index in [2.05, 4.69) is 14.7 Å². The highest BCUT2D eigenvalue weighted by Crippen LogP contribution is 2.04. The normalized spacial score (nSPS) is 11.1. The van der Waals surface area contributed by atoms with Gasteiger partial charge in [0, 0.05) is 31.7 Å². The number of rotatable bonds is 5. The maximum atomic E-state index is 11.0. The zero-order valence-corrected chi connectivity index (χ0v) is 10.5. The van der Waals surface area contributed by atoms with E-state index in [9.17, 15) is 4.79 Å². The van der Waals surface area contributed by atoms with E-state index >= 15 is 0 Å². The van der Waals surface area contributed by atoms with Crippen LogP contribution in [0.3, 0.4) is 0 Å². The highest BCUT2D eigenvalue weighted by atomic mass is 16.5. The zero-order valence-electron chi connectivity index (χ0n) is 10.5. The van der Waals surface area contributed by atoms with Crippen molar-refractivity contribution < 1.29 is 9.53 Å². The number of hydrogen-bond acceptors (Lipinski definition) is 5. The minimum Gasteiger partial charge on any atom is -0.469 e. The van der Waals surface area contributed by atoms with Crippen LogP contribution in [0.15, 0.2) is 24.7 Å². The summed E-state index contributed by atoms with van der Waals surface area (Å²) in [7, 11) is 3.34. The lowest BCUT2D eigenvalue weighted by atomic mass is 10.3. The lowest BCUT2D eigenvalue weighted by Crippen LogP contribution is -2.22. The summed E-state index contributed by atoms with van der Waals surface area (Å²) in [4.78, 5) is 21.6. The van der Waals surface area contributed by atoms with E-state index in [1.807, 2.05) is 34.8 Å². The molecule has 0 amide bonds. The summed E-state index contributed by atoms with van der Waals surface area (Å²) in [5, 5.41) is 0. The van der Waals surface area contributed by atoms with E-state index < -0.39 is 0 Å². The number of ether oxygens (including phenoxy) is 1. The van der Waals surface area contributed by atoms with Gasteiger partial charge in [0.25, 0.3) is 0 Å². The van der Waals surface area contributed by atoms with Crippen LogP contribution in [0.5, 0.6) is 0 Å². The summed E-state index contributed by atoms with van der Waals surface area (Å²) in [6.45, 7) is 1.33. The molecule has 0 atom stereocenters. The number of imidazole rings is 1. The van der Waals surface area contributed by atoms with Crippen LogP contribution in [0.25, 0.3) is 5.78 Å². The van der Waals surface area contributed by atoms with Crippen molar-refractivity contribution in [2.45, 2.75) is 13.0 Å². The van der Waals surface area contributed by atoms with Crippen LogP contribution >= 0.6 is 0 Å². The third-order valence-electron chi connectivity index (χ3n) is 2.64. The third-order valence-corrected chi connectivity index (χ3v) is 2.64. The maximum Gasteiger partial charge on any atom is 0.306 e. The summed E-state index contributed by atoms with van der Waals surface area (Å²) < 4.78 is 6.48. The molecule has 2 aromatic rings. The molecule has 96 valence electrons. The molecule has 0 aliphatic heterocycles. The van der Waals surface area contributed by atoms with Gasteiger partial charge < -0.3 is 4.74 Å². The largest absolute Gasteiger partial charge is 0.469 e. The van der Waals surface area contributed by atoms with Crippen molar-refractivity contribution in [1.29, 1.82) is 0 Å². The number of hydrogen-bond donors (Lipinski definition) is 0. The van der Waals surface area contributed by atoms with Gasteiger partial charge in [-0.1, -0.05) is 0 Å². The Morgan fingerprint density at radius 2 is 2.39 bits per heavy atom. The van der Waals surface area contributed by atoms with Gasteiger partial charge in [0.2, 0.25) is 5.78 Å². The summed E-state index contributed by atoms with van der Waals surface area (Å²) in [6.07, 6.45) is 5.95. The van der Waals surface area contributed by atoms with Crippen molar-refractivity contribution in [3.8, 4) is 0 Å². The molecular weight excluding hydrogens is 232 g/mol. The lowest BCUT2D eigenvalue weighted by Gasteiger charge is -2.13. The third kappa shape index (κ3) is 3.04. The van der Waals surface area contributed by atoms with Crippen LogP contribution in [0, 0.1) is 0 Å². The maximum absolute atomic E-state index is 11.0. The predicted molar refractivity (Wildman–Crippen MR) is 66.0 cm³/mol. The molecular formula is C12H16N4O2. The van der Waals surface area contributed by atoms with Gasteiger partial charge in [0.05, 0.1) is 19.2 Å². The molecule has 0 fully saturated rings. The second-order valence-electron chi connectivity index (χ2n) is 4.12. The van der Waals surface area contributed by atoms with Crippen molar-refractivity contribution in [2.24, 2.45) is 0 Å². The molecule has 0 bridgehead atoms. The van der Waals surface area contributed by atoms with E-state index in [0.29, 0.717) is 25.3 Å². The molecule has 0 aromatic carbocycles. The SMILES string of the molecule is COC(=O)CCN(C)Cc1cn2cccnc2n1. The monoisotopic (exact) mass is 248 g/mol. The molecule has 0 aliphatic carbocycles. The first-order chi connectivity index (χ1) is 8.69. The van der Waals surface area contributed by atoms with Crippen molar-refractivity contribution in [1.82, 2.24) is 19.3 Å². The van der Waals surface area contributed by atoms with Crippen LogP contribution < -0.4 is 0 Å². The number of carbonyl (C=O) groups excluding carboxylic acids is 1. The predicted octanol–water partition coefficient (Wildman–Crippen LogP) is 0.724. The Morgan fingerprint density at radius 3 is 3.11 bits per heavy atom. The molecule has 0 unspecified atom stereocenters. The number of aromatic nitrogens is 3. The Labute approximate surface area is 105 Å². The Morgan fingerprint density at radius 1 is 1.56 bits per heavy atom. The van der Waals surface area contributed by atoms with Gasteiger partial charge in [0.1, 0.15) is 0 Å². The molecule has 0 aliphatic rings. The molecule has 0 N–H and O–H groups in total. The van der Waals surface area contributed by atoms with Crippen molar-refractivity contribution >= 4 is 11.7 Å². The van der Waals surface area contributed by atoms with Gasteiger partial charge in [-0.2, -0.15) is 0 Å². The van der Waals surface area contributed by atoms with E-state index in [0.717, 1.165) is 5.69 Å². The molecule has 6 heteroatoms. The number of esters is 1. The van der Waals surface area contributed by atoms with Gasteiger partial charge in [-0.15, -0.1) is 0 Å². The summed E-state index contributed by atoms with van der Waals surface area (Å²) in [6, 6.07) is 1.86. The number of nitrogens with zero attached hydrogens (tertiary/aromatic N) is 4. The first-order valence-electron chi connectivity index (χ1n) is 5.73. The minimum atomic E-state index is -0.196. The van der Waals surface area contributed by atoms with Gasteiger partial charge >= 0.3 is 5.97 Å². The first-order valence-corrected chi connectivity index (χ1v) is 5.73. The molecule has 18 heavy (non-hydrogen) atoms. The van der Waals surface area contributed by atoms with Crippen molar-refractivity contribution in [2.75, 3.05) is 20.7 Å². The molecule has 0 saturated carbocycles. The van der Waals surface area contributed by atoms with Gasteiger partial charge in [0.15, 0.2) is 0 Å². The van der Waals surface area contributed by atoms with Crippen LogP contribution in [0.4, 0.5) is 0 Å². The van der Waals surface area contributed by atoms with Gasteiger partial charge in [-0.25, -0.2) is 9.97 Å². The number of methoxy groups -OCH3 is 1. The molecule has 0 saturated heterocycles. The fourth-order valence-corrected chi connectivity index (χ4v) is 1.70. The van der Waals surface area contributed by atoms with Crippen LogP contribution in [0.1, 0.15) is 12.1 Å². The van der Waals surface area contributed by atoms with Crippen LogP contribution in [-0.2, 0) is 16.1 Å².